The van der Waals surface area contributed by atoms with Crippen molar-refractivity contribution in [1.82, 2.24) is 0 Å². The van der Waals surface area contributed by atoms with E-state index in [1.807, 2.05) is 0 Å². The Morgan fingerprint density at radius 1 is 1.27 bits per heavy atom. The van der Waals surface area contributed by atoms with Gasteiger partial charge in [0.05, 0.1) is 4.47 Å². The monoisotopic (exact) mass is 216 g/mol. The molecule has 11 heavy (non-hydrogen) atoms. The lowest BCUT2D eigenvalue weighted by molar-refractivity contribution is 0.287. The van der Waals surface area contributed by atoms with Gasteiger partial charge in [-0.1, -0.05) is 12.1 Å². The van der Waals surface area contributed by atoms with Crippen LogP contribution >= 0.6 is 15.9 Å². The van der Waals surface area contributed by atoms with E-state index in [-0.39, 0.29) is 0 Å². The minimum absolute atomic E-state index is 0.405. The molecule has 2 N–H and O–H groups in total. The van der Waals surface area contributed by atoms with Crippen molar-refractivity contribution in [2.24, 2.45) is 0 Å². The lowest BCUT2D eigenvalue weighted by atomic mass is 10.2. The van der Waals surface area contributed by atoms with E-state index >= 15 is 0 Å². The van der Waals surface area contributed by atoms with Crippen molar-refractivity contribution in [3.8, 4) is 5.75 Å². The Balaban J connectivity index is 2.78. The molecule has 58 valence electrons. The summed E-state index contributed by atoms with van der Waals surface area (Å²) in [5.41, 5.74) is 0. The van der Waals surface area contributed by atoms with E-state index in [2.05, 4.69) is 20.6 Å². The quantitative estimate of drug-likeness (QED) is 0.720. The Morgan fingerprint density at radius 2 is 1.91 bits per heavy atom. The summed E-state index contributed by atoms with van der Waals surface area (Å²) in [7, 11) is -1.77. The van der Waals surface area contributed by atoms with Gasteiger partial charge in [0.2, 0.25) is 0 Å². The molecule has 0 aliphatic carbocycles. The zero-order valence-electron chi connectivity index (χ0n) is 5.57. The van der Waals surface area contributed by atoms with E-state index in [9.17, 15) is 0 Å². The number of hydrogen-bond donors (Lipinski definition) is 2. The molecule has 0 amide bonds. The summed E-state index contributed by atoms with van der Waals surface area (Å²) in [6.07, 6.45) is 0. The summed E-state index contributed by atoms with van der Waals surface area (Å²) in [5.74, 6) is 0.405. The molecule has 0 aromatic heterocycles. The highest BCUT2D eigenvalue weighted by Crippen LogP contribution is 2.23. The van der Waals surface area contributed by atoms with E-state index in [0.29, 0.717) is 10.2 Å². The standard InChI is InChI=1S/C6H6BBrO3/c8-5-3-1-2-4-6(5)11-7(9)10/h1-4,9-10H. The molecule has 0 atom stereocenters. The third kappa shape index (κ3) is 2.53. The van der Waals surface area contributed by atoms with E-state index in [1.54, 1.807) is 24.3 Å². The second-order valence-electron chi connectivity index (χ2n) is 1.87. The number of benzene rings is 1. The maximum atomic E-state index is 8.44. The molecular formula is C6H6BBrO3. The van der Waals surface area contributed by atoms with Crippen molar-refractivity contribution in [2.75, 3.05) is 0 Å². The Kier molecular flexibility index (Phi) is 2.93. The van der Waals surface area contributed by atoms with Crippen molar-refractivity contribution in [2.45, 2.75) is 0 Å². The topological polar surface area (TPSA) is 49.7 Å². The maximum Gasteiger partial charge on any atom is 0.707 e. The van der Waals surface area contributed by atoms with Gasteiger partial charge in [-0.25, -0.2) is 0 Å². The van der Waals surface area contributed by atoms with Crippen LogP contribution in [0.2, 0.25) is 0 Å². The first-order chi connectivity index (χ1) is 5.20. The van der Waals surface area contributed by atoms with Crippen molar-refractivity contribution in [1.29, 1.82) is 0 Å². The van der Waals surface area contributed by atoms with Gasteiger partial charge in [-0.2, -0.15) is 0 Å². The normalized spacial score (nSPS) is 9.36. The molecule has 0 aliphatic heterocycles. The molecule has 3 nitrogen and oxygen atoms in total. The predicted molar refractivity (Wildman–Crippen MR) is 45.0 cm³/mol. The fourth-order valence-corrected chi connectivity index (χ4v) is 1.03. The average molecular weight is 217 g/mol. The highest BCUT2D eigenvalue weighted by atomic mass is 79.9. The van der Waals surface area contributed by atoms with Crippen molar-refractivity contribution < 1.29 is 14.7 Å². The molecule has 0 saturated heterocycles. The second kappa shape index (κ2) is 3.76. The van der Waals surface area contributed by atoms with Crippen LogP contribution in [0.3, 0.4) is 0 Å². The van der Waals surface area contributed by atoms with Gasteiger partial charge in [0.15, 0.2) is 0 Å². The van der Waals surface area contributed by atoms with Crippen LogP contribution in [0.25, 0.3) is 0 Å². The van der Waals surface area contributed by atoms with Crippen LogP contribution in [0.15, 0.2) is 28.7 Å². The van der Waals surface area contributed by atoms with Gasteiger partial charge in [0, 0.05) is 0 Å². The molecule has 0 fully saturated rings. The molecule has 0 spiro atoms. The van der Waals surface area contributed by atoms with E-state index in [4.69, 9.17) is 10.0 Å². The molecule has 0 heterocycles. The summed E-state index contributed by atoms with van der Waals surface area (Å²) in [5, 5.41) is 16.9. The molecule has 0 bridgehead atoms. The lowest BCUT2D eigenvalue weighted by Crippen LogP contribution is -2.20. The summed E-state index contributed by atoms with van der Waals surface area (Å²) >= 11 is 3.18. The van der Waals surface area contributed by atoms with E-state index < -0.39 is 7.32 Å². The molecule has 5 heteroatoms. The second-order valence-corrected chi connectivity index (χ2v) is 2.73. The van der Waals surface area contributed by atoms with Gasteiger partial charge in [0.1, 0.15) is 5.75 Å². The van der Waals surface area contributed by atoms with Crippen molar-refractivity contribution in [3.63, 3.8) is 0 Å². The molecule has 1 aromatic carbocycles. The fourth-order valence-electron chi connectivity index (χ4n) is 0.654. The van der Waals surface area contributed by atoms with Crippen molar-refractivity contribution in [3.05, 3.63) is 28.7 Å². The first-order valence-corrected chi connectivity index (χ1v) is 3.77. The molecule has 0 saturated carbocycles. The Labute approximate surface area is 72.9 Å². The number of hydrogen-bond acceptors (Lipinski definition) is 3. The highest BCUT2D eigenvalue weighted by molar-refractivity contribution is 9.10. The minimum atomic E-state index is -1.77. The van der Waals surface area contributed by atoms with E-state index in [1.165, 1.54) is 0 Å². The lowest BCUT2D eigenvalue weighted by Gasteiger charge is -2.05. The minimum Gasteiger partial charge on any atom is -0.511 e. The van der Waals surface area contributed by atoms with Crippen LogP contribution in [0.5, 0.6) is 5.75 Å². The van der Waals surface area contributed by atoms with Crippen LogP contribution in [-0.2, 0) is 0 Å². The first-order valence-electron chi connectivity index (χ1n) is 2.97. The number of halogens is 1. The van der Waals surface area contributed by atoms with Gasteiger partial charge >= 0.3 is 7.32 Å². The highest BCUT2D eigenvalue weighted by Gasteiger charge is 2.12. The van der Waals surface area contributed by atoms with Gasteiger partial charge in [-0.15, -0.1) is 0 Å². The van der Waals surface area contributed by atoms with Crippen molar-refractivity contribution >= 4 is 23.3 Å². The van der Waals surface area contributed by atoms with Crippen LogP contribution in [0.1, 0.15) is 0 Å². The van der Waals surface area contributed by atoms with Crippen LogP contribution < -0.4 is 4.65 Å². The molecule has 0 aliphatic rings. The zero-order chi connectivity index (χ0) is 8.27. The Bertz CT molecular complexity index is 241. The SMILES string of the molecule is OB(O)Oc1ccccc1Br. The van der Waals surface area contributed by atoms with Crippen LogP contribution in [-0.4, -0.2) is 17.4 Å². The first kappa shape index (κ1) is 8.58. The zero-order valence-corrected chi connectivity index (χ0v) is 7.15. The van der Waals surface area contributed by atoms with Gasteiger partial charge in [-0.3, -0.25) is 0 Å². The predicted octanol–water partition coefficient (Wildman–Crippen LogP) is 0.797. The molecule has 0 radical (unpaired) electrons. The molecule has 0 unspecified atom stereocenters. The van der Waals surface area contributed by atoms with Gasteiger partial charge in [-0.05, 0) is 28.1 Å². The largest absolute Gasteiger partial charge is 0.707 e. The van der Waals surface area contributed by atoms with E-state index in [0.717, 1.165) is 0 Å². The summed E-state index contributed by atoms with van der Waals surface area (Å²) < 4.78 is 5.30. The van der Waals surface area contributed by atoms with Crippen LogP contribution in [0.4, 0.5) is 0 Å². The smallest absolute Gasteiger partial charge is 0.511 e. The maximum absolute atomic E-state index is 8.44. The average Bonchev–Trinajstić information content (AvgIpc) is 1.93. The summed E-state index contributed by atoms with van der Waals surface area (Å²) in [4.78, 5) is 0. The molecule has 1 aromatic rings. The Morgan fingerprint density at radius 3 is 2.45 bits per heavy atom. The third-order valence-corrected chi connectivity index (χ3v) is 1.72. The van der Waals surface area contributed by atoms with Gasteiger partial charge < -0.3 is 14.7 Å². The third-order valence-electron chi connectivity index (χ3n) is 1.07. The summed E-state index contributed by atoms with van der Waals surface area (Å²) in [6.45, 7) is 0. The number of rotatable bonds is 2. The van der Waals surface area contributed by atoms with Crippen LogP contribution in [0, 0.1) is 0 Å². The van der Waals surface area contributed by atoms with Gasteiger partial charge in [0.25, 0.3) is 0 Å². The summed E-state index contributed by atoms with van der Waals surface area (Å²) in [6, 6.07) is 6.92. The fraction of sp³-hybridized carbons (Fsp3) is 0. The molecular weight excluding hydrogens is 211 g/mol. The Hall–Kier alpha value is -0.515. The number of para-hydroxylation sites is 1. The molecule has 1 rings (SSSR count).